The average Bonchev–Trinajstić information content (AvgIpc) is 2.54. The van der Waals surface area contributed by atoms with Crippen molar-refractivity contribution in [2.75, 3.05) is 19.9 Å². The number of nitrogens with two attached hydrogens (primary N) is 1. The van der Waals surface area contributed by atoms with Gasteiger partial charge in [-0.25, -0.2) is 0 Å². The smallest absolute Gasteiger partial charge is 0.256 e. The molecule has 1 heterocycles. The van der Waals surface area contributed by atoms with Gasteiger partial charge in [0, 0.05) is 25.1 Å². The zero-order valence-electron chi connectivity index (χ0n) is 12.4. The minimum absolute atomic E-state index is 0.0777. The lowest BCUT2D eigenvalue weighted by atomic mass is 10.1. The molecule has 110 valence electrons. The molecule has 2 rings (SSSR count). The first-order valence-corrected chi connectivity index (χ1v) is 6.65. The lowest BCUT2D eigenvalue weighted by Gasteiger charge is -2.26. The summed E-state index contributed by atoms with van der Waals surface area (Å²) in [4.78, 5) is 18.3. The molecule has 1 amide bonds. The summed E-state index contributed by atoms with van der Waals surface area (Å²) in [6.45, 7) is 1.96. The van der Waals surface area contributed by atoms with Crippen molar-refractivity contribution < 1.29 is 9.53 Å². The molecule has 0 aliphatic heterocycles. The fourth-order valence-electron chi connectivity index (χ4n) is 2.08. The van der Waals surface area contributed by atoms with Gasteiger partial charge >= 0.3 is 0 Å². The number of aromatic nitrogens is 1. The summed E-state index contributed by atoms with van der Waals surface area (Å²) < 4.78 is 5.15. The van der Waals surface area contributed by atoms with Gasteiger partial charge in [0.15, 0.2) is 0 Å². The minimum Gasteiger partial charge on any atom is -0.497 e. The number of carbonyl (C=O) groups excluding carboxylic acids is 1. The monoisotopic (exact) mass is 285 g/mol. The predicted octanol–water partition coefficient (Wildman–Crippen LogP) is 2.51. The highest BCUT2D eigenvalue weighted by Crippen LogP contribution is 2.25. The molecule has 0 fully saturated rings. The average molecular weight is 285 g/mol. The minimum atomic E-state index is -0.143. The summed E-state index contributed by atoms with van der Waals surface area (Å²) in [5.74, 6) is 0.466. The zero-order valence-corrected chi connectivity index (χ0v) is 12.4. The number of anilines is 1. The lowest BCUT2D eigenvalue weighted by molar-refractivity contribution is 0.0743. The Labute approximate surface area is 124 Å². The molecule has 5 heteroatoms. The van der Waals surface area contributed by atoms with Gasteiger partial charge in [-0.2, -0.15) is 0 Å². The maximum absolute atomic E-state index is 12.6. The van der Waals surface area contributed by atoms with Crippen molar-refractivity contribution >= 4 is 11.6 Å². The molecule has 0 radical (unpaired) electrons. The Hall–Kier alpha value is -2.56. The molecular weight excluding hydrogens is 266 g/mol. The van der Waals surface area contributed by atoms with E-state index in [4.69, 9.17) is 10.5 Å². The number of rotatable bonds is 4. The van der Waals surface area contributed by atoms with Crippen molar-refractivity contribution in [1.29, 1.82) is 0 Å². The molecule has 21 heavy (non-hydrogen) atoms. The van der Waals surface area contributed by atoms with Gasteiger partial charge in [0.1, 0.15) is 5.75 Å². The Morgan fingerprint density at radius 3 is 2.57 bits per heavy atom. The standard InChI is InChI=1S/C16H19N3O2/c1-11(12-6-8-18-9-7-12)19(2)16(20)14-10-13(21-3)4-5-15(14)17/h4-11H,17H2,1-3H3. The van der Waals surface area contributed by atoms with Crippen molar-refractivity contribution in [3.8, 4) is 5.75 Å². The van der Waals surface area contributed by atoms with Crippen LogP contribution in [0.3, 0.4) is 0 Å². The van der Waals surface area contributed by atoms with Crippen LogP contribution >= 0.6 is 0 Å². The highest BCUT2D eigenvalue weighted by atomic mass is 16.5. The van der Waals surface area contributed by atoms with Crippen LogP contribution in [-0.4, -0.2) is 29.9 Å². The molecule has 1 unspecified atom stereocenters. The molecule has 0 saturated heterocycles. The Balaban J connectivity index is 2.27. The van der Waals surface area contributed by atoms with Gasteiger partial charge in [0.05, 0.1) is 18.7 Å². The van der Waals surface area contributed by atoms with Crippen molar-refractivity contribution in [3.63, 3.8) is 0 Å². The van der Waals surface area contributed by atoms with E-state index in [1.807, 2.05) is 19.1 Å². The summed E-state index contributed by atoms with van der Waals surface area (Å²) >= 11 is 0. The number of amides is 1. The van der Waals surface area contributed by atoms with E-state index in [9.17, 15) is 4.79 Å². The largest absolute Gasteiger partial charge is 0.497 e. The molecule has 2 aromatic rings. The summed E-state index contributed by atoms with van der Waals surface area (Å²) in [6, 6.07) is 8.78. The number of hydrogen-bond donors (Lipinski definition) is 1. The molecule has 1 aromatic heterocycles. The third-order valence-corrected chi connectivity index (χ3v) is 3.58. The molecule has 1 atom stereocenters. The Morgan fingerprint density at radius 2 is 1.95 bits per heavy atom. The van der Waals surface area contributed by atoms with E-state index in [1.54, 1.807) is 49.7 Å². The van der Waals surface area contributed by atoms with Crippen molar-refractivity contribution in [2.45, 2.75) is 13.0 Å². The highest BCUT2D eigenvalue weighted by Gasteiger charge is 2.21. The summed E-state index contributed by atoms with van der Waals surface area (Å²) in [5.41, 5.74) is 7.81. The Morgan fingerprint density at radius 1 is 1.29 bits per heavy atom. The topological polar surface area (TPSA) is 68.5 Å². The van der Waals surface area contributed by atoms with Crippen molar-refractivity contribution in [1.82, 2.24) is 9.88 Å². The first-order valence-electron chi connectivity index (χ1n) is 6.65. The second kappa shape index (κ2) is 6.26. The van der Waals surface area contributed by atoms with Crippen LogP contribution in [0, 0.1) is 0 Å². The number of pyridine rings is 1. The van der Waals surface area contributed by atoms with Crippen LogP contribution in [0.2, 0.25) is 0 Å². The van der Waals surface area contributed by atoms with Crippen molar-refractivity contribution in [3.05, 3.63) is 53.9 Å². The molecule has 5 nitrogen and oxygen atoms in total. The van der Waals surface area contributed by atoms with Crippen LogP contribution in [0.4, 0.5) is 5.69 Å². The summed E-state index contributed by atoms with van der Waals surface area (Å²) in [6.07, 6.45) is 3.42. The van der Waals surface area contributed by atoms with E-state index in [1.165, 1.54) is 0 Å². The fourth-order valence-corrected chi connectivity index (χ4v) is 2.08. The second-order valence-electron chi connectivity index (χ2n) is 4.83. The predicted molar refractivity (Wildman–Crippen MR) is 82.2 cm³/mol. The third kappa shape index (κ3) is 3.13. The van der Waals surface area contributed by atoms with E-state index >= 15 is 0 Å². The van der Waals surface area contributed by atoms with Gasteiger partial charge in [-0.3, -0.25) is 9.78 Å². The van der Waals surface area contributed by atoms with Gasteiger partial charge in [0.25, 0.3) is 5.91 Å². The van der Waals surface area contributed by atoms with Crippen LogP contribution in [0.5, 0.6) is 5.75 Å². The molecule has 0 saturated carbocycles. The zero-order chi connectivity index (χ0) is 15.4. The first-order chi connectivity index (χ1) is 10.0. The van der Waals surface area contributed by atoms with E-state index in [-0.39, 0.29) is 11.9 Å². The Bertz CT molecular complexity index is 629. The molecule has 2 N–H and O–H groups in total. The number of ether oxygens (including phenoxy) is 1. The molecule has 0 bridgehead atoms. The molecular formula is C16H19N3O2. The van der Waals surface area contributed by atoms with Gasteiger partial charge in [-0.1, -0.05) is 0 Å². The van der Waals surface area contributed by atoms with Crippen LogP contribution in [0.25, 0.3) is 0 Å². The molecule has 0 aliphatic rings. The van der Waals surface area contributed by atoms with Crippen molar-refractivity contribution in [2.24, 2.45) is 0 Å². The van der Waals surface area contributed by atoms with Gasteiger partial charge in [-0.05, 0) is 42.8 Å². The summed E-state index contributed by atoms with van der Waals surface area (Å²) in [7, 11) is 3.31. The molecule has 0 spiro atoms. The fraction of sp³-hybridized carbons (Fsp3) is 0.250. The van der Waals surface area contributed by atoms with Crippen LogP contribution in [0.1, 0.15) is 28.9 Å². The molecule has 1 aromatic carbocycles. The number of nitrogen functional groups attached to an aromatic ring is 1. The second-order valence-corrected chi connectivity index (χ2v) is 4.83. The van der Waals surface area contributed by atoms with Crippen LogP contribution < -0.4 is 10.5 Å². The number of carbonyl (C=O) groups is 1. The van der Waals surface area contributed by atoms with E-state index in [0.717, 1.165) is 5.56 Å². The van der Waals surface area contributed by atoms with Crippen LogP contribution in [0.15, 0.2) is 42.7 Å². The molecule has 0 aliphatic carbocycles. The summed E-state index contributed by atoms with van der Waals surface area (Å²) in [5, 5.41) is 0. The quantitative estimate of drug-likeness (QED) is 0.876. The lowest BCUT2D eigenvalue weighted by Crippen LogP contribution is -2.30. The van der Waals surface area contributed by atoms with Crippen LogP contribution in [-0.2, 0) is 0 Å². The van der Waals surface area contributed by atoms with E-state index in [0.29, 0.717) is 17.0 Å². The Kier molecular flexibility index (Phi) is 4.42. The van der Waals surface area contributed by atoms with Gasteiger partial charge in [0.2, 0.25) is 0 Å². The number of hydrogen-bond acceptors (Lipinski definition) is 4. The van der Waals surface area contributed by atoms with Gasteiger partial charge in [-0.15, -0.1) is 0 Å². The SMILES string of the molecule is COc1ccc(N)c(C(=O)N(C)C(C)c2ccncc2)c1. The third-order valence-electron chi connectivity index (χ3n) is 3.58. The number of benzene rings is 1. The maximum atomic E-state index is 12.6. The normalized spacial score (nSPS) is 11.8. The van der Waals surface area contributed by atoms with E-state index < -0.39 is 0 Å². The highest BCUT2D eigenvalue weighted by molar-refractivity contribution is 5.99. The first kappa shape index (κ1) is 14.8. The van der Waals surface area contributed by atoms with E-state index in [2.05, 4.69) is 4.98 Å². The maximum Gasteiger partial charge on any atom is 0.256 e. The number of methoxy groups -OCH3 is 1. The van der Waals surface area contributed by atoms with Gasteiger partial charge < -0.3 is 15.4 Å². The number of nitrogens with zero attached hydrogens (tertiary/aromatic N) is 2.